The molecule has 0 atom stereocenters. The van der Waals surface area contributed by atoms with Crippen LogP contribution in [0.15, 0.2) is 30.7 Å². The van der Waals surface area contributed by atoms with E-state index < -0.39 is 5.91 Å². The first kappa shape index (κ1) is 11.0. The Morgan fingerprint density at radius 3 is 2.76 bits per heavy atom. The van der Waals surface area contributed by atoms with Crippen LogP contribution in [0.25, 0.3) is 5.82 Å². The lowest BCUT2D eigenvalue weighted by Crippen LogP contribution is -2.10. The summed E-state index contributed by atoms with van der Waals surface area (Å²) in [5.74, 6) is -0.312. The van der Waals surface area contributed by atoms with E-state index in [9.17, 15) is 9.59 Å². The van der Waals surface area contributed by atoms with Crippen LogP contribution >= 0.6 is 0 Å². The lowest BCUT2D eigenvalue weighted by molar-refractivity contribution is 0.0996. The molecule has 0 saturated heterocycles. The highest BCUT2D eigenvalue weighted by Crippen LogP contribution is 2.11. The van der Waals surface area contributed by atoms with Crippen LogP contribution in [0.2, 0.25) is 0 Å². The van der Waals surface area contributed by atoms with Gasteiger partial charge in [0.15, 0.2) is 11.6 Å². The zero-order valence-corrected chi connectivity index (χ0v) is 9.12. The van der Waals surface area contributed by atoms with Crippen molar-refractivity contribution in [1.29, 1.82) is 0 Å². The van der Waals surface area contributed by atoms with Crippen LogP contribution in [-0.4, -0.2) is 26.5 Å². The van der Waals surface area contributed by atoms with Crippen LogP contribution < -0.4 is 5.73 Å². The molecular formula is C11H10N4O2. The molecule has 2 aromatic rings. The van der Waals surface area contributed by atoms with Crippen molar-refractivity contribution >= 4 is 11.7 Å². The minimum absolute atomic E-state index is 0.121. The maximum atomic E-state index is 11.4. The summed E-state index contributed by atoms with van der Waals surface area (Å²) in [5, 5.41) is 3.95. The minimum Gasteiger partial charge on any atom is -0.366 e. The summed E-state index contributed by atoms with van der Waals surface area (Å²) < 4.78 is 1.36. The number of carbonyl (C=O) groups excluding carboxylic acids is 2. The SMILES string of the molecule is CC(=O)c1cccnc1-n1cc(C(N)=O)cn1. The van der Waals surface area contributed by atoms with Gasteiger partial charge >= 0.3 is 0 Å². The summed E-state index contributed by atoms with van der Waals surface area (Å²) in [7, 11) is 0. The highest BCUT2D eigenvalue weighted by molar-refractivity contribution is 5.97. The lowest BCUT2D eigenvalue weighted by Gasteiger charge is -2.04. The number of Topliss-reactive ketones (excluding diaryl/α,β-unsaturated/α-hetero) is 1. The molecule has 0 spiro atoms. The first-order valence-corrected chi connectivity index (χ1v) is 4.90. The second-order valence-electron chi connectivity index (χ2n) is 3.47. The van der Waals surface area contributed by atoms with Gasteiger partial charge in [-0.2, -0.15) is 5.10 Å². The van der Waals surface area contributed by atoms with E-state index >= 15 is 0 Å². The number of amides is 1. The predicted octanol–water partition coefficient (Wildman–Crippen LogP) is 0.569. The molecule has 2 N–H and O–H groups in total. The van der Waals surface area contributed by atoms with Crippen molar-refractivity contribution in [2.75, 3.05) is 0 Å². The smallest absolute Gasteiger partial charge is 0.251 e. The maximum absolute atomic E-state index is 11.4. The average molecular weight is 230 g/mol. The van der Waals surface area contributed by atoms with Crippen molar-refractivity contribution < 1.29 is 9.59 Å². The fraction of sp³-hybridized carbons (Fsp3) is 0.0909. The number of nitrogens with zero attached hydrogens (tertiary/aromatic N) is 3. The Bertz CT molecular complexity index is 589. The van der Waals surface area contributed by atoms with Crippen molar-refractivity contribution in [2.24, 2.45) is 5.73 Å². The van der Waals surface area contributed by atoms with Crippen LogP contribution in [0, 0.1) is 0 Å². The van der Waals surface area contributed by atoms with E-state index in [1.165, 1.54) is 24.0 Å². The fourth-order valence-electron chi connectivity index (χ4n) is 1.42. The number of carbonyl (C=O) groups is 2. The average Bonchev–Trinajstić information content (AvgIpc) is 2.78. The molecule has 1 amide bonds. The molecule has 0 aliphatic heterocycles. The summed E-state index contributed by atoms with van der Waals surface area (Å²) in [6.07, 6.45) is 4.32. The third-order valence-corrected chi connectivity index (χ3v) is 2.25. The standard InChI is InChI=1S/C11H10N4O2/c1-7(16)9-3-2-4-13-11(9)15-6-8(5-14-15)10(12)17/h2-6H,1H3,(H2,12,17). The Kier molecular flexibility index (Phi) is 2.70. The second kappa shape index (κ2) is 4.17. The highest BCUT2D eigenvalue weighted by atomic mass is 16.1. The molecule has 0 bridgehead atoms. The Hall–Kier alpha value is -2.50. The minimum atomic E-state index is -0.573. The van der Waals surface area contributed by atoms with Gasteiger partial charge < -0.3 is 5.73 Å². The fourth-order valence-corrected chi connectivity index (χ4v) is 1.42. The normalized spacial score (nSPS) is 10.2. The van der Waals surface area contributed by atoms with Gasteiger partial charge in [-0.1, -0.05) is 0 Å². The molecule has 0 aromatic carbocycles. The molecular weight excluding hydrogens is 220 g/mol. The van der Waals surface area contributed by atoms with E-state index in [4.69, 9.17) is 5.73 Å². The number of pyridine rings is 1. The van der Waals surface area contributed by atoms with Gasteiger partial charge in [-0.15, -0.1) is 0 Å². The van der Waals surface area contributed by atoms with E-state index in [0.29, 0.717) is 11.4 Å². The van der Waals surface area contributed by atoms with Crippen molar-refractivity contribution in [2.45, 2.75) is 6.92 Å². The molecule has 6 heteroatoms. The molecule has 86 valence electrons. The number of nitrogens with two attached hydrogens (primary N) is 1. The van der Waals surface area contributed by atoms with Crippen molar-refractivity contribution in [1.82, 2.24) is 14.8 Å². The van der Waals surface area contributed by atoms with Crippen LogP contribution in [0.4, 0.5) is 0 Å². The van der Waals surface area contributed by atoms with E-state index in [2.05, 4.69) is 10.1 Å². The van der Waals surface area contributed by atoms with Crippen molar-refractivity contribution in [3.63, 3.8) is 0 Å². The largest absolute Gasteiger partial charge is 0.366 e. The lowest BCUT2D eigenvalue weighted by atomic mass is 10.2. The first-order chi connectivity index (χ1) is 8.09. The molecule has 0 aliphatic rings. The van der Waals surface area contributed by atoms with Crippen molar-refractivity contribution in [3.8, 4) is 5.82 Å². The van der Waals surface area contributed by atoms with Gasteiger partial charge in [-0.25, -0.2) is 9.67 Å². The molecule has 0 aliphatic carbocycles. The van der Waals surface area contributed by atoms with E-state index in [0.717, 1.165) is 0 Å². The van der Waals surface area contributed by atoms with Gasteiger partial charge in [0.05, 0.1) is 17.3 Å². The predicted molar refractivity (Wildman–Crippen MR) is 59.9 cm³/mol. The van der Waals surface area contributed by atoms with Crippen LogP contribution in [0.5, 0.6) is 0 Å². The van der Waals surface area contributed by atoms with Gasteiger partial charge in [0, 0.05) is 12.4 Å². The zero-order chi connectivity index (χ0) is 12.4. The molecule has 2 rings (SSSR count). The van der Waals surface area contributed by atoms with Gasteiger partial charge in [0.1, 0.15) is 0 Å². The summed E-state index contributed by atoms with van der Waals surface area (Å²) in [6.45, 7) is 1.44. The number of primary amides is 1. The van der Waals surface area contributed by atoms with Gasteiger partial charge in [-0.05, 0) is 19.1 Å². The first-order valence-electron chi connectivity index (χ1n) is 4.90. The molecule has 0 unspecified atom stereocenters. The van der Waals surface area contributed by atoms with E-state index in [-0.39, 0.29) is 11.3 Å². The quantitative estimate of drug-likeness (QED) is 0.780. The number of rotatable bonds is 3. The highest BCUT2D eigenvalue weighted by Gasteiger charge is 2.12. The molecule has 0 radical (unpaired) electrons. The summed E-state index contributed by atoms with van der Waals surface area (Å²) >= 11 is 0. The zero-order valence-electron chi connectivity index (χ0n) is 9.12. The van der Waals surface area contributed by atoms with Gasteiger partial charge in [0.2, 0.25) is 0 Å². The Morgan fingerprint density at radius 2 is 2.18 bits per heavy atom. The molecule has 17 heavy (non-hydrogen) atoms. The third kappa shape index (κ3) is 2.05. The third-order valence-electron chi connectivity index (χ3n) is 2.25. The summed E-state index contributed by atoms with van der Waals surface area (Å²) in [6, 6.07) is 3.31. The van der Waals surface area contributed by atoms with Crippen LogP contribution in [0.1, 0.15) is 27.6 Å². The van der Waals surface area contributed by atoms with Crippen LogP contribution in [0.3, 0.4) is 0 Å². The number of aromatic nitrogens is 3. The van der Waals surface area contributed by atoms with Crippen molar-refractivity contribution in [3.05, 3.63) is 41.9 Å². The number of ketones is 1. The summed E-state index contributed by atoms with van der Waals surface area (Å²) in [5.41, 5.74) is 5.83. The van der Waals surface area contributed by atoms with E-state index in [1.54, 1.807) is 18.3 Å². The van der Waals surface area contributed by atoms with Gasteiger partial charge in [0.25, 0.3) is 5.91 Å². The molecule has 6 nitrogen and oxygen atoms in total. The maximum Gasteiger partial charge on any atom is 0.251 e. The monoisotopic (exact) mass is 230 g/mol. The van der Waals surface area contributed by atoms with Gasteiger partial charge in [-0.3, -0.25) is 9.59 Å². The Labute approximate surface area is 97.1 Å². The number of hydrogen-bond donors (Lipinski definition) is 1. The number of hydrogen-bond acceptors (Lipinski definition) is 4. The Morgan fingerprint density at radius 1 is 1.41 bits per heavy atom. The van der Waals surface area contributed by atoms with E-state index in [1.807, 2.05) is 0 Å². The second-order valence-corrected chi connectivity index (χ2v) is 3.47. The molecule has 2 heterocycles. The molecule has 2 aromatic heterocycles. The molecule has 0 saturated carbocycles. The summed E-state index contributed by atoms with van der Waals surface area (Å²) in [4.78, 5) is 26.4. The topological polar surface area (TPSA) is 90.9 Å². The molecule has 0 fully saturated rings. The van der Waals surface area contributed by atoms with Crippen LogP contribution in [-0.2, 0) is 0 Å². The Balaban J connectivity index is 2.52.